The molecule has 2 N–H and O–H groups in total. The Kier molecular flexibility index (Phi) is 5.37. The van der Waals surface area contributed by atoms with Crippen LogP contribution in [0.3, 0.4) is 0 Å². The maximum Gasteiger partial charge on any atom is 0.237 e. The van der Waals surface area contributed by atoms with Gasteiger partial charge in [-0.1, -0.05) is 13.8 Å². The normalized spacial score (nSPS) is 14.8. The summed E-state index contributed by atoms with van der Waals surface area (Å²) in [5.41, 5.74) is 0. The number of furan rings is 1. The number of likely N-dealkylation sites (N-methyl/N-ethyl adjacent to an activating group) is 1. The van der Waals surface area contributed by atoms with E-state index in [2.05, 4.69) is 5.32 Å². The summed E-state index contributed by atoms with van der Waals surface area (Å²) in [6.07, 6.45) is 0.691. The van der Waals surface area contributed by atoms with Gasteiger partial charge in [-0.2, -0.15) is 0 Å². The number of amides is 1. The van der Waals surface area contributed by atoms with Crippen molar-refractivity contribution in [2.45, 2.75) is 26.0 Å². The molecule has 1 amide bonds. The first-order valence-electron chi connectivity index (χ1n) is 6.09. The van der Waals surface area contributed by atoms with Gasteiger partial charge in [0.2, 0.25) is 5.91 Å². The van der Waals surface area contributed by atoms with Crippen molar-refractivity contribution < 1.29 is 14.3 Å². The molecule has 0 aliphatic carbocycles. The molecule has 0 saturated heterocycles. The number of aliphatic hydroxyl groups is 1. The highest BCUT2D eigenvalue weighted by atomic mass is 16.4. The molecule has 0 saturated carbocycles. The third-order valence-electron chi connectivity index (χ3n) is 2.80. The van der Waals surface area contributed by atoms with Crippen LogP contribution in [0.15, 0.2) is 22.8 Å². The molecule has 2 unspecified atom stereocenters. The van der Waals surface area contributed by atoms with Gasteiger partial charge < -0.3 is 14.8 Å². The highest BCUT2D eigenvalue weighted by Crippen LogP contribution is 2.12. The summed E-state index contributed by atoms with van der Waals surface area (Å²) in [6, 6.07) is 3.19. The van der Waals surface area contributed by atoms with Crippen LogP contribution in [0.1, 0.15) is 25.7 Å². The molecule has 0 bridgehead atoms. The third kappa shape index (κ3) is 3.85. The molecule has 2 atom stereocenters. The summed E-state index contributed by atoms with van der Waals surface area (Å²) in [7, 11) is 3.74. The molecule has 1 aromatic rings. The van der Waals surface area contributed by atoms with Gasteiger partial charge in [-0.05, 0) is 32.1 Å². The Labute approximate surface area is 108 Å². The lowest BCUT2D eigenvalue weighted by molar-refractivity contribution is -0.127. The van der Waals surface area contributed by atoms with Gasteiger partial charge in [-0.25, -0.2) is 0 Å². The van der Waals surface area contributed by atoms with Crippen molar-refractivity contribution in [3.63, 3.8) is 0 Å². The number of rotatable bonds is 6. The minimum absolute atomic E-state index is 0.0828. The zero-order chi connectivity index (χ0) is 13.7. The molecule has 18 heavy (non-hydrogen) atoms. The molecule has 1 aromatic heterocycles. The van der Waals surface area contributed by atoms with Crippen LogP contribution in [0.2, 0.25) is 0 Å². The van der Waals surface area contributed by atoms with Gasteiger partial charge in [0.25, 0.3) is 0 Å². The summed E-state index contributed by atoms with van der Waals surface area (Å²) in [4.78, 5) is 13.9. The first-order valence-corrected chi connectivity index (χ1v) is 6.09. The highest BCUT2D eigenvalue weighted by Gasteiger charge is 2.24. The monoisotopic (exact) mass is 254 g/mol. The minimum Gasteiger partial charge on any atom is -0.467 e. The first-order chi connectivity index (χ1) is 8.43. The summed E-state index contributed by atoms with van der Waals surface area (Å²) in [5.74, 6) is 0.586. The molecule has 0 aliphatic heterocycles. The van der Waals surface area contributed by atoms with Crippen molar-refractivity contribution in [2.24, 2.45) is 5.92 Å². The Bertz CT molecular complexity index is 352. The van der Waals surface area contributed by atoms with E-state index in [1.54, 1.807) is 12.1 Å². The molecule has 0 radical (unpaired) electrons. The van der Waals surface area contributed by atoms with Crippen molar-refractivity contribution in [1.29, 1.82) is 0 Å². The fraction of sp³-hybridized carbons (Fsp3) is 0.615. The van der Waals surface area contributed by atoms with E-state index in [0.29, 0.717) is 5.76 Å². The second-order valence-corrected chi connectivity index (χ2v) is 4.93. The van der Waals surface area contributed by atoms with Crippen LogP contribution < -0.4 is 5.32 Å². The zero-order valence-electron chi connectivity index (χ0n) is 11.4. The number of aliphatic hydroxyl groups excluding tert-OH is 1. The van der Waals surface area contributed by atoms with Crippen molar-refractivity contribution in [2.75, 3.05) is 20.6 Å². The smallest absolute Gasteiger partial charge is 0.237 e. The summed E-state index contributed by atoms with van der Waals surface area (Å²) < 4.78 is 5.07. The molecule has 0 spiro atoms. The molecule has 0 aromatic carbocycles. The van der Waals surface area contributed by atoms with Gasteiger partial charge in [0.1, 0.15) is 11.9 Å². The molecule has 102 valence electrons. The molecule has 1 rings (SSSR count). The van der Waals surface area contributed by atoms with Gasteiger partial charge in [-0.15, -0.1) is 0 Å². The van der Waals surface area contributed by atoms with Crippen molar-refractivity contribution in [1.82, 2.24) is 10.2 Å². The van der Waals surface area contributed by atoms with Crippen molar-refractivity contribution in [3.05, 3.63) is 24.2 Å². The van der Waals surface area contributed by atoms with Crippen LogP contribution in [0.5, 0.6) is 0 Å². The number of nitrogens with zero attached hydrogens (tertiary/aromatic N) is 1. The van der Waals surface area contributed by atoms with Gasteiger partial charge in [-0.3, -0.25) is 9.69 Å². The largest absolute Gasteiger partial charge is 0.467 e. The van der Waals surface area contributed by atoms with Crippen LogP contribution in [0.25, 0.3) is 0 Å². The summed E-state index contributed by atoms with van der Waals surface area (Å²) in [6.45, 7) is 4.14. The standard InChI is InChI=1S/C13H22N2O3/c1-9(2)12(15(3)4)13(17)14-8-10(16)11-6-5-7-18-11/h5-7,9-10,12,16H,8H2,1-4H3,(H,14,17). The van der Waals surface area contributed by atoms with E-state index in [4.69, 9.17) is 4.42 Å². The lowest BCUT2D eigenvalue weighted by atomic mass is 10.0. The Balaban J connectivity index is 2.49. The van der Waals surface area contributed by atoms with Gasteiger partial charge in [0.05, 0.1) is 18.8 Å². The SMILES string of the molecule is CC(C)C(C(=O)NCC(O)c1ccco1)N(C)C. The number of carbonyl (C=O) groups excluding carboxylic acids is 1. The van der Waals surface area contributed by atoms with E-state index in [1.165, 1.54) is 6.26 Å². The molecule has 1 heterocycles. The minimum atomic E-state index is -0.807. The summed E-state index contributed by atoms with van der Waals surface area (Å²) in [5, 5.41) is 12.5. The van der Waals surface area contributed by atoms with E-state index < -0.39 is 6.10 Å². The molecular weight excluding hydrogens is 232 g/mol. The predicted molar refractivity (Wildman–Crippen MR) is 69.0 cm³/mol. The van der Waals surface area contributed by atoms with Gasteiger partial charge in [0, 0.05) is 0 Å². The molecule has 0 aliphatic rings. The average molecular weight is 254 g/mol. The Morgan fingerprint density at radius 3 is 2.61 bits per heavy atom. The molecule has 0 fully saturated rings. The van der Waals surface area contributed by atoms with E-state index in [0.717, 1.165) is 0 Å². The zero-order valence-corrected chi connectivity index (χ0v) is 11.4. The average Bonchev–Trinajstić information content (AvgIpc) is 2.78. The topological polar surface area (TPSA) is 65.7 Å². The Morgan fingerprint density at radius 1 is 1.50 bits per heavy atom. The molecular formula is C13H22N2O3. The number of hydrogen-bond acceptors (Lipinski definition) is 4. The maximum absolute atomic E-state index is 12.0. The predicted octanol–water partition coefficient (Wildman–Crippen LogP) is 1.02. The quantitative estimate of drug-likeness (QED) is 0.795. The van der Waals surface area contributed by atoms with Crippen LogP contribution in [0, 0.1) is 5.92 Å². The fourth-order valence-electron chi connectivity index (χ4n) is 2.02. The van der Waals surface area contributed by atoms with Gasteiger partial charge >= 0.3 is 0 Å². The number of carbonyl (C=O) groups is 1. The van der Waals surface area contributed by atoms with Crippen LogP contribution in [-0.4, -0.2) is 42.6 Å². The Hall–Kier alpha value is -1.33. The maximum atomic E-state index is 12.0. The molecule has 5 heteroatoms. The number of hydrogen-bond donors (Lipinski definition) is 2. The number of nitrogens with one attached hydrogen (secondary N) is 1. The van der Waals surface area contributed by atoms with E-state index >= 15 is 0 Å². The van der Waals surface area contributed by atoms with Crippen molar-refractivity contribution >= 4 is 5.91 Å². The lowest BCUT2D eigenvalue weighted by Gasteiger charge is -2.27. The first kappa shape index (κ1) is 14.7. The molecule has 5 nitrogen and oxygen atoms in total. The second kappa shape index (κ2) is 6.56. The van der Waals surface area contributed by atoms with E-state index in [9.17, 15) is 9.90 Å². The fourth-order valence-corrected chi connectivity index (χ4v) is 2.02. The third-order valence-corrected chi connectivity index (χ3v) is 2.80. The highest BCUT2D eigenvalue weighted by molar-refractivity contribution is 5.81. The Morgan fingerprint density at radius 2 is 2.17 bits per heavy atom. The van der Waals surface area contributed by atoms with E-state index in [1.807, 2.05) is 32.8 Å². The van der Waals surface area contributed by atoms with Crippen molar-refractivity contribution in [3.8, 4) is 0 Å². The van der Waals surface area contributed by atoms with Crippen LogP contribution in [-0.2, 0) is 4.79 Å². The lowest BCUT2D eigenvalue weighted by Crippen LogP contribution is -2.47. The second-order valence-electron chi connectivity index (χ2n) is 4.93. The van der Waals surface area contributed by atoms with Crippen LogP contribution in [0.4, 0.5) is 0 Å². The summed E-state index contributed by atoms with van der Waals surface area (Å²) >= 11 is 0. The van der Waals surface area contributed by atoms with Crippen LogP contribution >= 0.6 is 0 Å². The van der Waals surface area contributed by atoms with Gasteiger partial charge in [0.15, 0.2) is 0 Å². The van der Waals surface area contributed by atoms with E-state index in [-0.39, 0.29) is 24.4 Å².